The summed E-state index contributed by atoms with van der Waals surface area (Å²) >= 11 is 0. The Labute approximate surface area is 184 Å². The largest absolute Gasteiger partial charge is 0.465 e. The van der Waals surface area contributed by atoms with Gasteiger partial charge in [0.1, 0.15) is 11.1 Å². The number of rotatable bonds is 4. The summed E-state index contributed by atoms with van der Waals surface area (Å²) in [4.78, 5) is 22.2. The molecule has 33 heavy (non-hydrogen) atoms. The molecule has 1 fully saturated rings. The van der Waals surface area contributed by atoms with E-state index < -0.39 is 46.8 Å². The van der Waals surface area contributed by atoms with Gasteiger partial charge in [-0.15, -0.1) is 0 Å². The lowest BCUT2D eigenvalue weighted by Crippen LogP contribution is -2.16. The Kier molecular flexibility index (Phi) is 8.50. The third-order valence-electron chi connectivity index (χ3n) is 4.93. The van der Waals surface area contributed by atoms with Crippen molar-refractivity contribution in [2.24, 2.45) is 5.92 Å². The van der Waals surface area contributed by atoms with Gasteiger partial charge in [-0.1, -0.05) is 19.3 Å². The zero-order valence-corrected chi connectivity index (χ0v) is 17.7. The quantitative estimate of drug-likeness (QED) is 0.508. The number of esters is 2. The number of hydrogen-bond donors (Lipinski definition) is 1. The standard InChI is InChI=1S/C13H17F3N2O2.C6H5F3N2O2/c1-20-12(19)10-8-18(17-11(10)13(14,15)16)7-9-5-3-2-4-6-9;1-13-5(12)3-2-10-11-4(3)6(7,8)9/h8-9H,2-7H2,1H3;2H,1H3,(H,10,11). The minimum atomic E-state index is -4.65. The lowest BCUT2D eigenvalue weighted by molar-refractivity contribution is -0.142. The Morgan fingerprint density at radius 3 is 2.09 bits per heavy atom. The van der Waals surface area contributed by atoms with Crippen molar-refractivity contribution < 1.29 is 45.4 Å². The van der Waals surface area contributed by atoms with Gasteiger partial charge in [-0.05, 0) is 18.8 Å². The second-order valence-electron chi connectivity index (χ2n) is 7.25. The number of ether oxygens (including phenoxy) is 2. The monoisotopic (exact) mass is 484 g/mol. The van der Waals surface area contributed by atoms with Gasteiger partial charge in [0.2, 0.25) is 0 Å². The number of hydrogen-bond acceptors (Lipinski definition) is 6. The lowest BCUT2D eigenvalue weighted by atomic mass is 9.89. The summed E-state index contributed by atoms with van der Waals surface area (Å²) in [6.45, 7) is 0.417. The van der Waals surface area contributed by atoms with Crippen molar-refractivity contribution in [3.63, 3.8) is 0 Å². The predicted octanol–water partition coefficient (Wildman–Crippen LogP) is 4.48. The molecule has 0 radical (unpaired) electrons. The van der Waals surface area contributed by atoms with Crippen LogP contribution in [0.15, 0.2) is 12.4 Å². The van der Waals surface area contributed by atoms with Crippen molar-refractivity contribution in [2.75, 3.05) is 14.2 Å². The van der Waals surface area contributed by atoms with E-state index in [-0.39, 0.29) is 0 Å². The zero-order valence-electron chi connectivity index (χ0n) is 17.7. The third-order valence-corrected chi connectivity index (χ3v) is 4.93. The second kappa shape index (κ2) is 10.7. The Bertz CT molecular complexity index is 945. The van der Waals surface area contributed by atoms with Gasteiger partial charge in [0, 0.05) is 12.7 Å². The van der Waals surface area contributed by atoms with Gasteiger partial charge in [-0.2, -0.15) is 36.5 Å². The van der Waals surface area contributed by atoms with Gasteiger partial charge in [0.25, 0.3) is 0 Å². The van der Waals surface area contributed by atoms with E-state index in [0.717, 1.165) is 52.3 Å². The van der Waals surface area contributed by atoms with E-state index in [4.69, 9.17) is 0 Å². The Morgan fingerprint density at radius 1 is 1.00 bits per heavy atom. The molecule has 1 N–H and O–H groups in total. The first-order valence-corrected chi connectivity index (χ1v) is 9.80. The normalized spacial score (nSPS) is 14.9. The fourth-order valence-electron chi connectivity index (χ4n) is 3.38. The average molecular weight is 484 g/mol. The molecule has 1 aliphatic carbocycles. The van der Waals surface area contributed by atoms with Crippen LogP contribution in [0.2, 0.25) is 0 Å². The van der Waals surface area contributed by atoms with Crippen LogP contribution in [0, 0.1) is 5.92 Å². The van der Waals surface area contributed by atoms with Gasteiger partial charge in [0.15, 0.2) is 11.4 Å². The van der Waals surface area contributed by atoms with Crippen molar-refractivity contribution in [3.8, 4) is 0 Å². The Hall–Kier alpha value is -3.06. The number of carbonyl (C=O) groups excluding carboxylic acids is 2. The highest BCUT2D eigenvalue weighted by Gasteiger charge is 2.40. The predicted molar refractivity (Wildman–Crippen MR) is 100 cm³/mol. The molecule has 3 rings (SSSR count). The van der Waals surface area contributed by atoms with E-state index in [0.29, 0.717) is 12.5 Å². The number of halogens is 6. The molecular formula is C19H22F6N4O4. The first-order chi connectivity index (χ1) is 15.4. The zero-order chi connectivity index (χ0) is 24.8. The van der Waals surface area contributed by atoms with E-state index in [1.165, 1.54) is 11.1 Å². The number of nitrogens with one attached hydrogen (secondary N) is 1. The molecule has 2 heterocycles. The Balaban J connectivity index is 0.000000257. The molecule has 0 aliphatic heterocycles. The van der Waals surface area contributed by atoms with Gasteiger partial charge >= 0.3 is 24.3 Å². The van der Waals surface area contributed by atoms with Crippen LogP contribution in [0.5, 0.6) is 0 Å². The van der Waals surface area contributed by atoms with E-state index in [1.807, 2.05) is 0 Å². The minimum Gasteiger partial charge on any atom is -0.465 e. The van der Waals surface area contributed by atoms with Crippen molar-refractivity contribution in [3.05, 3.63) is 34.9 Å². The van der Waals surface area contributed by atoms with Gasteiger partial charge < -0.3 is 9.47 Å². The summed E-state index contributed by atoms with van der Waals surface area (Å²) in [6.07, 6.45) is -2.00. The van der Waals surface area contributed by atoms with Crippen LogP contribution in [0.25, 0.3) is 0 Å². The number of carbonyl (C=O) groups is 2. The smallest absolute Gasteiger partial charge is 0.436 e. The summed E-state index contributed by atoms with van der Waals surface area (Å²) in [5.74, 6) is -1.75. The maximum Gasteiger partial charge on any atom is 0.436 e. The molecule has 0 aromatic carbocycles. The lowest BCUT2D eigenvalue weighted by Gasteiger charge is -2.21. The molecule has 0 atom stereocenters. The van der Waals surface area contributed by atoms with Crippen LogP contribution in [0.4, 0.5) is 26.3 Å². The summed E-state index contributed by atoms with van der Waals surface area (Å²) in [6, 6.07) is 0. The number of H-pyrrole nitrogens is 1. The van der Waals surface area contributed by atoms with E-state index in [1.54, 1.807) is 5.10 Å². The summed E-state index contributed by atoms with van der Waals surface area (Å²) < 4.78 is 84.6. The highest BCUT2D eigenvalue weighted by Crippen LogP contribution is 2.32. The van der Waals surface area contributed by atoms with E-state index in [2.05, 4.69) is 19.7 Å². The summed E-state index contributed by atoms with van der Waals surface area (Å²) in [5, 5.41) is 8.33. The van der Waals surface area contributed by atoms with Crippen LogP contribution in [0.1, 0.15) is 64.2 Å². The first-order valence-electron chi connectivity index (χ1n) is 9.80. The number of nitrogens with zero attached hydrogens (tertiary/aromatic N) is 3. The number of methoxy groups -OCH3 is 2. The molecule has 2 aromatic rings. The first kappa shape index (κ1) is 26.2. The molecule has 14 heteroatoms. The maximum atomic E-state index is 12.9. The molecule has 0 spiro atoms. The van der Waals surface area contributed by atoms with E-state index in [9.17, 15) is 35.9 Å². The van der Waals surface area contributed by atoms with Gasteiger partial charge in [-0.3, -0.25) is 9.78 Å². The van der Waals surface area contributed by atoms with Crippen LogP contribution < -0.4 is 0 Å². The SMILES string of the molecule is COC(=O)c1cn(CC2CCCCC2)nc1C(F)(F)F.COC(=O)c1cn[nH]c1C(F)(F)F. The van der Waals surface area contributed by atoms with Crippen molar-refractivity contribution in [1.29, 1.82) is 0 Å². The molecule has 2 aromatic heterocycles. The summed E-state index contributed by atoms with van der Waals surface area (Å²) in [7, 11) is 2.05. The number of aromatic nitrogens is 4. The van der Waals surface area contributed by atoms with Crippen LogP contribution in [-0.2, 0) is 28.4 Å². The van der Waals surface area contributed by atoms with Crippen LogP contribution >= 0.6 is 0 Å². The molecule has 0 bridgehead atoms. The van der Waals surface area contributed by atoms with Crippen molar-refractivity contribution >= 4 is 11.9 Å². The van der Waals surface area contributed by atoms with Gasteiger partial charge in [0.05, 0.1) is 20.4 Å². The minimum absolute atomic E-state index is 0.329. The number of alkyl halides is 6. The maximum absolute atomic E-state index is 12.9. The molecule has 1 aliphatic rings. The highest BCUT2D eigenvalue weighted by molar-refractivity contribution is 5.90. The number of aromatic amines is 1. The molecule has 0 unspecified atom stereocenters. The Morgan fingerprint density at radius 2 is 1.58 bits per heavy atom. The third kappa shape index (κ3) is 6.96. The molecule has 184 valence electrons. The average Bonchev–Trinajstić information content (AvgIpc) is 3.41. The molecule has 0 saturated heterocycles. The van der Waals surface area contributed by atoms with E-state index >= 15 is 0 Å². The van der Waals surface area contributed by atoms with Crippen LogP contribution in [0.3, 0.4) is 0 Å². The van der Waals surface area contributed by atoms with Gasteiger partial charge in [-0.25, -0.2) is 9.59 Å². The molecule has 1 saturated carbocycles. The van der Waals surface area contributed by atoms with Crippen LogP contribution in [-0.4, -0.2) is 46.1 Å². The summed E-state index contributed by atoms with van der Waals surface area (Å²) in [5.41, 5.74) is -3.50. The second-order valence-corrected chi connectivity index (χ2v) is 7.25. The van der Waals surface area contributed by atoms with Crippen molar-refractivity contribution in [2.45, 2.75) is 51.0 Å². The van der Waals surface area contributed by atoms with Crippen molar-refractivity contribution in [1.82, 2.24) is 20.0 Å². The molecule has 0 amide bonds. The highest BCUT2D eigenvalue weighted by atomic mass is 19.4. The topological polar surface area (TPSA) is 99.1 Å². The fourth-order valence-corrected chi connectivity index (χ4v) is 3.38. The molecular weight excluding hydrogens is 462 g/mol. The molecule has 8 nitrogen and oxygen atoms in total. The fraction of sp³-hybridized carbons (Fsp3) is 0.579.